The summed E-state index contributed by atoms with van der Waals surface area (Å²) in [5, 5.41) is 0.860. The fourth-order valence-corrected chi connectivity index (χ4v) is 2.58. The molecule has 0 aromatic heterocycles. The summed E-state index contributed by atoms with van der Waals surface area (Å²) in [6.45, 7) is 0. The third-order valence-corrected chi connectivity index (χ3v) is 3.53. The smallest absolute Gasteiger partial charge is 0.0462 e. The van der Waals surface area contributed by atoms with Gasteiger partial charge in [-0.3, -0.25) is 0 Å². The molecule has 16 heavy (non-hydrogen) atoms. The molecule has 0 saturated heterocycles. The second-order valence-electron chi connectivity index (χ2n) is 4.10. The van der Waals surface area contributed by atoms with E-state index in [4.69, 9.17) is 11.6 Å². The fraction of sp³-hybridized carbons (Fsp3) is 0.143. The number of para-hydroxylation sites is 1. The molecule has 2 heteroatoms. The molecule has 0 bridgehead atoms. The zero-order valence-electron chi connectivity index (χ0n) is 9.07. The molecule has 0 atom stereocenters. The van der Waals surface area contributed by atoms with Crippen LogP contribution in [0, 0.1) is 0 Å². The van der Waals surface area contributed by atoms with Crippen molar-refractivity contribution in [1.29, 1.82) is 0 Å². The van der Waals surface area contributed by atoms with Crippen LogP contribution in [0.2, 0.25) is 5.02 Å². The number of fused-ring (bicyclic) bond motifs is 2. The molecule has 2 aromatic carbocycles. The van der Waals surface area contributed by atoms with Gasteiger partial charge in [0, 0.05) is 29.9 Å². The number of benzene rings is 2. The van der Waals surface area contributed by atoms with Gasteiger partial charge in [0.1, 0.15) is 0 Å². The predicted octanol–water partition coefficient (Wildman–Crippen LogP) is 4.01. The molecular weight excluding hydrogens is 218 g/mol. The van der Waals surface area contributed by atoms with Crippen molar-refractivity contribution >= 4 is 23.0 Å². The lowest BCUT2D eigenvalue weighted by atomic mass is 9.96. The summed E-state index contributed by atoms with van der Waals surface area (Å²) in [7, 11) is 2.09. The molecule has 1 aliphatic rings. The number of hydrogen-bond acceptors (Lipinski definition) is 1. The van der Waals surface area contributed by atoms with E-state index >= 15 is 0 Å². The number of anilines is 2. The molecular formula is C14H12ClN. The standard InChI is InChI=1S/C14H12ClN/c1-16-13-7-3-2-5-10(13)9-11-12(15)6-4-8-14(11)16/h2-8H,9H2,1H3. The van der Waals surface area contributed by atoms with Crippen LogP contribution in [0.5, 0.6) is 0 Å². The third kappa shape index (κ3) is 1.32. The zero-order valence-corrected chi connectivity index (χ0v) is 9.83. The van der Waals surface area contributed by atoms with Gasteiger partial charge in [0.05, 0.1) is 0 Å². The lowest BCUT2D eigenvalue weighted by Crippen LogP contribution is -2.18. The van der Waals surface area contributed by atoms with Crippen molar-refractivity contribution in [3.8, 4) is 0 Å². The Kier molecular flexibility index (Phi) is 2.15. The molecule has 3 rings (SSSR count). The van der Waals surface area contributed by atoms with Crippen molar-refractivity contribution in [2.24, 2.45) is 0 Å². The largest absolute Gasteiger partial charge is 0.344 e. The topological polar surface area (TPSA) is 3.24 Å². The summed E-state index contributed by atoms with van der Waals surface area (Å²) in [6, 6.07) is 14.6. The number of halogens is 1. The number of nitrogens with zero attached hydrogens (tertiary/aromatic N) is 1. The Balaban J connectivity index is 2.22. The lowest BCUT2D eigenvalue weighted by Gasteiger charge is -2.30. The van der Waals surface area contributed by atoms with Gasteiger partial charge in [-0.2, -0.15) is 0 Å². The van der Waals surface area contributed by atoms with E-state index in [1.54, 1.807) is 0 Å². The molecule has 0 amide bonds. The van der Waals surface area contributed by atoms with Gasteiger partial charge in [-0.25, -0.2) is 0 Å². The molecule has 2 aromatic rings. The SMILES string of the molecule is CN1c2ccccc2Cc2c(Cl)cccc21. The van der Waals surface area contributed by atoms with E-state index in [1.165, 1.54) is 22.5 Å². The summed E-state index contributed by atoms with van der Waals surface area (Å²) >= 11 is 6.25. The highest BCUT2D eigenvalue weighted by atomic mass is 35.5. The minimum absolute atomic E-state index is 0.860. The first-order valence-corrected chi connectivity index (χ1v) is 5.74. The van der Waals surface area contributed by atoms with Gasteiger partial charge in [0.15, 0.2) is 0 Å². The van der Waals surface area contributed by atoms with E-state index in [0.29, 0.717) is 0 Å². The van der Waals surface area contributed by atoms with Gasteiger partial charge in [0.2, 0.25) is 0 Å². The van der Waals surface area contributed by atoms with Gasteiger partial charge < -0.3 is 4.90 Å². The van der Waals surface area contributed by atoms with Gasteiger partial charge in [0.25, 0.3) is 0 Å². The number of hydrogen-bond donors (Lipinski definition) is 0. The molecule has 0 fully saturated rings. The first-order chi connectivity index (χ1) is 7.77. The van der Waals surface area contributed by atoms with E-state index in [9.17, 15) is 0 Å². The van der Waals surface area contributed by atoms with Crippen molar-refractivity contribution in [3.63, 3.8) is 0 Å². The average Bonchev–Trinajstić information content (AvgIpc) is 2.31. The Morgan fingerprint density at radius 3 is 2.62 bits per heavy atom. The first kappa shape index (κ1) is 9.73. The average molecular weight is 230 g/mol. The quantitative estimate of drug-likeness (QED) is 0.660. The predicted molar refractivity (Wildman–Crippen MR) is 68.8 cm³/mol. The van der Waals surface area contributed by atoms with Crippen molar-refractivity contribution in [3.05, 3.63) is 58.6 Å². The van der Waals surface area contributed by atoms with Crippen LogP contribution in [0.4, 0.5) is 11.4 Å². The molecule has 0 saturated carbocycles. The van der Waals surface area contributed by atoms with Crippen LogP contribution in [-0.2, 0) is 6.42 Å². The Bertz CT molecular complexity index is 548. The van der Waals surface area contributed by atoms with Crippen LogP contribution >= 0.6 is 11.6 Å². The molecule has 0 radical (unpaired) electrons. The van der Waals surface area contributed by atoms with Crippen LogP contribution in [-0.4, -0.2) is 7.05 Å². The second-order valence-corrected chi connectivity index (χ2v) is 4.51. The second kappa shape index (κ2) is 3.53. The van der Waals surface area contributed by atoms with E-state index in [-0.39, 0.29) is 0 Å². The van der Waals surface area contributed by atoms with Gasteiger partial charge >= 0.3 is 0 Å². The Morgan fingerprint density at radius 1 is 1.00 bits per heavy atom. The van der Waals surface area contributed by atoms with Crippen molar-refractivity contribution < 1.29 is 0 Å². The highest BCUT2D eigenvalue weighted by Crippen LogP contribution is 2.39. The Morgan fingerprint density at radius 2 is 1.75 bits per heavy atom. The van der Waals surface area contributed by atoms with Gasteiger partial charge in [-0.1, -0.05) is 35.9 Å². The van der Waals surface area contributed by atoms with E-state index in [2.05, 4.69) is 42.3 Å². The number of rotatable bonds is 0. The summed E-state index contributed by atoms with van der Waals surface area (Å²) in [5.74, 6) is 0. The molecule has 0 aliphatic carbocycles. The summed E-state index contributed by atoms with van der Waals surface area (Å²) in [6.07, 6.45) is 0.926. The Hall–Kier alpha value is -1.47. The molecule has 80 valence electrons. The Labute approximate surface area is 100 Å². The molecule has 1 nitrogen and oxygen atoms in total. The van der Waals surface area contributed by atoms with Crippen LogP contribution in [0.25, 0.3) is 0 Å². The van der Waals surface area contributed by atoms with Crippen LogP contribution in [0.1, 0.15) is 11.1 Å². The lowest BCUT2D eigenvalue weighted by molar-refractivity contribution is 1.06. The summed E-state index contributed by atoms with van der Waals surface area (Å²) < 4.78 is 0. The zero-order chi connectivity index (χ0) is 11.1. The molecule has 0 spiro atoms. The van der Waals surface area contributed by atoms with E-state index < -0.39 is 0 Å². The van der Waals surface area contributed by atoms with Crippen LogP contribution < -0.4 is 4.90 Å². The molecule has 0 N–H and O–H groups in total. The molecule has 1 heterocycles. The van der Waals surface area contributed by atoms with Gasteiger partial charge in [-0.15, -0.1) is 0 Å². The minimum atomic E-state index is 0.860. The monoisotopic (exact) mass is 229 g/mol. The maximum atomic E-state index is 6.25. The van der Waals surface area contributed by atoms with E-state index in [0.717, 1.165) is 11.4 Å². The fourth-order valence-electron chi connectivity index (χ4n) is 2.34. The highest BCUT2D eigenvalue weighted by molar-refractivity contribution is 6.31. The van der Waals surface area contributed by atoms with Crippen molar-refractivity contribution in [1.82, 2.24) is 0 Å². The maximum absolute atomic E-state index is 6.25. The summed E-state index contributed by atoms with van der Waals surface area (Å²) in [4.78, 5) is 2.21. The summed E-state index contributed by atoms with van der Waals surface area (Å²) in [5.41, 5.74) is 5.06. The maximum Gasteiger partial charge on any atom is 0.0462 e. The van der Waals surface area contributed by atoms with Crippen LogP contribution in [0.3, 0.4) is 0 Å². The van der Waals surface area contributed by atoms with Crippen molar-refractivity contribution in [2.75, 3.05) is 11.9 Å². The highest BCUT2D eigenvalue weighted by Gasteiger charge is 2.20. The van der Waals surface area contributed by atoms with Crippen LogP contribution in [0.15, 0.2) is 42.5 Å². The molecule has 0 unspecified atom stereocenters. The third-order valence-electron chi connectivity index (χ3n) is 3.18. The normalized spacial score (nSPS) is 13.2. The molecule has 1 aliphatic heterocycles. The van der Waals surface area contributed by atoms with E-state index in [1.807, 2.05) is 12.1 Å². The first-order valence-electron chi connectivity index (χ1n) is 5.36. The van der Waals surface area contributed by atoms with Gasteiger partial charge in [-0.05, 0) is 29.3 Å². The van der Waals surface area contributed by atoms with Crippen molar-refractivity contribution in [2.45, 2.75) is 6.42 Å². The minimum Gasteiger partial charge on any atom is -0.344 e.